The molecule has 1 aliphatic heterocycles. The molecule has 1 N–H and O–H groups in total. The van der Waals surface area contributed by atoms with E-state index in [4.69, 9.17) is 14.5 Å². The predicted molar refractivity (Wildman–Crippen MR) is 172 cm³/mol. The van der Waals surface area contributed by atoms with E-state index in [0.717, 1.165) is 29.5 Å². The maximum Gasteiger partial charge on any atom is 0.268 e. The van der Waals surface area contributed by atoms with Gasteiger partial charge in [-0.1, -0.05) is 51.5 Å². The first kappa shape index (κ1) is 33.2. The van der Waals surface area contributed by atoms with Crippen molar-refractivity contribution < 1.29 is 22.7 Å². The molecule has 0 spiro atoms. The summed E-state index contributed by atoms with van der Waals surface area (Å²) in [5.74, 6) is 0.201. The summed E-state index contributed by atoms with van der Waals surface area (Å²) in [4.78, 5) is 23.4. The number of rotatable bonds is 9. The number of carbonyl (C=O) groups is 1. The van der Waals surface area contributed by atoms with Crippen molar-refractivity contribution in [1.82, 2.24) is 20.0 Å². The summed E-state index contributed by atoms with van der Waals surface area (Å²) in [6.45, 7) is 14.8. The Morgan fingerprint density at radius 2 is 1.77 bits per heavy atom. The van der Waals surface area contributed by atoms with Crippen LogP contribution in [-0.2, 0) is 10.0 Å². The molecule has 0 unspecified atom stereocenters. The van der Waals surface area contributed by atoms with Gasteiger partial charge in [-0.25, -0.2) is 23.1 Å². The molecule has 1 aliphatic rings. The fourth-order valence-electron chi connectivity index (χ4n) is 5.43. The van der Waals surface area contributed by atoms with Gasteiger partial charge in [-0.15, -0.1) is 0 Å². The largest absolute Gasteiger partial charge is 0.484 e. The number of unbranched alkanes of at least 4 members (excludes halogenated alkanes) is 1. The zero-order chi connectivity index (χ0) is 32.2. The maximum absolute atomic E-state index is 14.2. The average Bonchev–Trinajstić information content (AvgIpc) is 2.95. The van der Waals surface area contributed by atoms with E-state index in [9.17, 15) is 13.2 Å². The van der Waals surface area contributed by atoms with Gasteiger partial charge in [-0.2, -0.15) is 4.98 Å². The van der Waals surface area contributed by atoms with Crippen molar-refractivity contribution in [2.24, 2.45) is 5.92 Å². The lowest BCUT2D eigenvalue weighted by Gasteiger charge is -2.39. The molecule has 238 valence electrons. The third kappa shape index (κ3) is 7.50. The van der Waals surface area contributed by atoms with Gasteiger partial charge in [0, 0.05) is 24.7 Å². The van der Waals surface area contributed by atoms with Gasteiger partial charge in [-0.3, -0.25) is 9.80 Å². The molecule has 3 aromatic rings. The summed E-state index contributed by atoms with van der Waals surface area (Å²) in [6.07, 6.45) is 2.23. The first-order chi connectivity index (χ1) is 20.8. The van der Waals surface area contributed by atoms with Crippen LogP contribution in [0.2, 0.25) is 0 Å². The molecule has 2 aromatic carbocycles. The van der Waals surface area contributed by atoms with E-state index in [-0.39, 0.29) is 52.9 Å². The number of amides is 1. The standard InChI is InChI=1S/C33H45N5O5S/c1-9-10-17-37(8)38-26(18-21(2)3)20-42-31-30(43-22(4)5)29(28-23(6)13-11-14-24(28)7)34-33(35-31)36-44(40,41)27-16-12-15-25(19-27)32(38)39/h11-16,19,21-22,26H,9-10,17-18,20H2,1-8H3,(H,34,35,36)/t26-/m1/s1. The Bertz CT molecular complexity index is 1570. The number of carbonyl (C=O) groups excluding carboxylic acids is 1. The van der Waals surface area contributed by atoms with Gasteiger partial charge in [-0.05, 0) is 75.8 Å². The van der Waals surface area contributed by atoms with Gasteiger partial charge in [0.05, 0.1) is 17.0 Å². The van der Waals surface area contributed by atoms with E-state index in [1.807, 2.05) is 58.0 Å². The van der Waals surface area contributed by atoms with Crippen molar-refractivity contribution in [2.45, 2.75) is 84.8 Å². The predicted octanol–water partition coefficient (Wildman–Crippen LogP) is 6.24. The SMILES string of the molecule is CCCCN(C)N1C(=O)c2cccc(c2)S(=O)(=O)Nc2nc(c(OC(C)C)c(-c3c(C)cccc3C)n2)OC[C@H]1CC(C)C. The monoisotopic (exact) mass is 623 g/mol. The van der Waals surface area contributed by atoms with Crippen LogP contribution in [0.5, 0.6) is 11.6 Å². The lowest BCUT2D eigenvalue weighted by Crippen LogP contribution is -2.53. The van der Waals surface area contributed by atoms with Crippen LogP contribution in [-0.4, -0.2) is 66.7 Å². The van der Waals surface area contributed by atoms with Gasteiger partial charge in [0.2, 0.25) is 11.7 Å². The molecule has 0 radical (unpaired) electrons. The third-order valence-corrected chi connectivity index (χ3v) is 8.76. The second-order valence-electron chi connectivity index (χ2n) is 12.1. The van der Waals surface area contributed by atoms with Crippen LogP contribution >= 0.6 is 0 Å². The first-order valence-corrected chi connectivity index (χ1v) is 16.8. The fraction of sp³-hybridized carbons (Fsp3) is 0.485. The van der Waals surface area contributed by atoms with Gasteiger partial charge >= 0.3 is 0 Å². The molecular formula is C33H45N5O5S. The topological polar surface area (TPSA) is 114 Å². The van der Waals surface area contributed by atoms with E-state index in [0.29, 0.717) is 24.4 Å². The number of sulfonamides is 1. The molecule has 1 aromatic heterocycles. The number of nitrogens with one attached hydrogen (secondary N) is 1. The maximum atomic E-state index is 14.2. The minimum absolute atomic E-state index is 0.0682. The lowest BCUT2D eigenvalue weighted by molar-refractivity contribution is -0.0373. The summed E-state index contributed by atoms with van der Waals surface area (Å²) < 4.78 is 42.7. The molecule has 0 saturated carbocycles. The number of fused-ring (bicyclic) bond motifs is 4. The highest BCUT2D eigenvalue weighted by atomic mass is 32.2. The molecule has 1 atom stereocenters. The van der Waals surface area contributed by atoms with Crippen molar-refractivity contribution in [3.05, 3.63) is 59.2 Å². The van der Waals surface area contributed by atoms with Crippen molar-refractivity contribution >= 4 is 21.9 Å². The molecule has 1 amide bonds. The van der Waals surface area contributed by atoms with Crippen LogP contribution in [0, 0.1) is 19.8 Å². The lowest BCUT2D eigenvalue weighted by atomic mass is 9.99. The van der Waals surface area contributed by atoms with E-state index in [1.54, 1.807) is 17.1 Å². The Balaban J connectivity index is 2.00. The number of anilines is 1. The van der Waals surface area contributed by atoms with Crippen LogP contribution in [0.25, 0.3) is 11.3 Å². The number of nitrogens with zero attached hydrogens (tertiary/aromatic N) is 4. The average molecular weight is 624 g/mol. The summed E-state index contributed by atoms with van der Waals surface area (Å²) in [7, 11) is -2.29. The van der Waals surface area contributed by atoms with Crippen molar-refractivity contribution in [1.29, 1.82) is 0 Å². The highest BCUT2D eigenvalue weighted by molar-refractivity contribution is 7.92. The highest BCUT2D eigenvalue weighted by Crippen LogP contribution is 2.41. The Morgan fingerprint density at radius 3 is 2.41 bits per heavy atom. The Hall–Kier alpha value is -3.70. The molecule has 44 heavy (non-hydrogen) atoms. The minimum Gasteiger partial charge on any atom is -0.484 e. The van der Waals surface area contributed by atoms with E-state index in [1.165, 1.54) is 12.1 Å². The smallest absolute Gasteiger partial charge is 0.268 e. The molecule has 4 bridgehead atoms. The number of hydrogen-bond donors (Lipinski definition) is 1. The van der Waals surface area contributed by atoms with Gasteiger partial charge < -0.3 is 9.47 Å². The minimum atomic E-state index is -4.18. The van der Waals surface area contributed by atoms with Crippen LogP contribution in [0.4, 0.5) is 5.95 Å². The van der Waals surface area contributed by atoms with Crippen LogP contribution in [0.1, 0.15) is 75.4 Å². The van der Waals surface area contributed by atoms with Crippen molar-refractivity contribution in [2.75, 3.05) is 24.9 Å². The molecule has 0 saturated heterocycles. The van der Waals surface area contributed by atoms with Gasteiger partial charge in [0.15, 0.2) is 0 Å². The third-order valence-electron chi connectivity index (χ3n) is 7.44. The van der Waals surface area contributed by atoms with Gasteiger partial charge in [0.1, 0.15) is 12.3 Å². The molecule has 11 heteroatoms. The van der Waals surface area contributed by atoms with Crippen molar-refractivity contribution in [3.63, 3.8) is 0 Å². The fourth-order valence-corrected chi connectivity index (χ4v) is 6.42. The second-order valence-corrected chi connectivity index (χ2v) is 13.8. The number of aromatic nitrogens is 2. The highest BCUT2D eigenvalue weighted by Gasteiger charge is 2.33. The van der Waals surface area contributed by atoms with E-state index in [2.05, 4.69) is 30.5 Å². The summed E-state index contributed by atoms with van der Waals surface area (Å²) in [5, 5.41) is 3.63. The number of aryl methyl sites for hydroxylation is 2. The quantitative estimate of drug-likeness (QED) is 0.298. The molecular weight excluding hydrogens is 578 g/mol. The van der Waals surface area contributed by atoms with Crippen LogP contribution in [0.15, 0.2) is 47.4 Å². The van der Waals surface area contributed by atoms with Crippen LogP contribution < -0.4 is 14.2 Å². The van der Waals surface area contributed by atoms with E-state index < -0.39 is 10.0 Å². The molecule has 4 rings (SSSR count). The number of benzene rings is 2. The Labute approximate surface area is 261 Å². The van der Waals surface area contributed by atoms with Crippen LogP contribution in [0.3, 0.4) is 0 Å². The summed E-state index contributed by atoms with van der Waals surface area (Å²) >= 11 is 0. The summed E-state index contributed by atoms with van der Waals surface area (Å²) in [5.41, 5.74) is 3.37. The van der Waals surface area contributed by atoms with Crippen molar-refractivity contribution in [3.8, 4) is 22.9 Å². The zero-order valence-electron chi connectivity index (χ0n) is 27.0. The summed E-state index contributed by atoms with van der Waals surface area (Å²) in [6, 6.07) is 11.6. The number of ether oxygens (including phenoxy) is 2. The first-order valence-electron chi connectivity index (χ1n) is 15.3. The Morgan fingerprint density at radius 1 is 1.09 bits per heavy atom. The zero-order valence-corrected chi connectivity index (χ0v) is 27.9. The van der Waals surface area contributed by atoms with Gasteiger partial charge in [0.25, 0.3) is 21.8 Å². The van der Waals surface area contributed by atoms with E-state index >= 15 is 0 Å². The number of hydrogen-bond acceptors (Lipinski definition) is 8. The second kappa shape index (κ2) is 13.9. The number of hydrazine groups is 1. The molecule has 10 nitrogen and oxygen atoms in total. The molecule has 0 fully saturated rings. The normalized spacial score (nSPS) is 16.7. The molecule has 2 heterocycles. The Kier molecular flexibility index (Phi) is 10.5. The molecule has 0 aliphatic carbocycles.